The number of rotatable bonds is 9. The molecule has 0 fully saturated rings. The van der Waals surface area contributed by atoms with Gasteiger partial charge in [-0.2, -0.15) is 4.72 Å². The molecule has 1 heterocycles. The molecule has 0 spiro atoms. The molecule has 1 amide bonds. The van der Waals surface area contributed by atoms with Crippen LogP contribution in [0.15, 0.2) is 39.9 Å². The lowest BCUT2D eigenvalue weighted by molar-refractivity contribution is -0.118. The van der Waals surface area contributed by atoms with E-state index in [1.807, 2.05) is 6.92 Å². The standard InChI is InChI=1S/C18H24N2O5S2/c1-5-25-14-9-8-13(11-15(14)24-4)19-18(21)17(12(2)3)20-27(22,23)16-7-6-10-26-16/h6-12,17,20H,5H2,1-4H3,(H,19,21). The van der Waals surface area contributed by atoms with Gasteiger partial charge in [-0.15, -0.1) is 11.3 Å². The first kappa shape index (κ1) is 21.2. The van der Waals surface area contributed by atoms with Crippen LogP contribution in [0.3, 0.4) is 0 Å². The van der Waals surface area contributed by atoms with Gasteiger partial charge in [0.15, 0.2) is 11.5 Å². The molecule has 9 heteroatoms. The average Bonchev–Trinajstić information content (AvgIpc) is 3.16. The van der Waals surface area contributed by atoms with E-state index >= 15 is 0 Å². The van der Waals surface area contributed by atoms with E-state index in [-0.39, 0.29) is 10.1 Å². The molecule has 0 aliphatic heterocycles. The van der Waals surface area contributed by atoms with Crippen LogP contribution in [0.5, 0.6) is 11.5 Å². The van der Waals surface area contributed by atoms with E-state index < -0.39 is 22.0 Å². The fourth-order valence-corrected chi connectivity index (χ4v) is 4.73. The SMILES string of the molecule is CCOc1ccc(NC(=O)C(NS(=O)(=O)c2cccs2)C(C)C)cc1OC. The number of hydrogen-bond acceptors (Lipinski definition) is 6. The molecule has 2 aromatic rings. The quantitative estimate of drug-likeness (QED) is 0.660. The molecule has 0 saturated heterocycles. The average molecular weight is 413 g/mol. The molecule has 0 aliphatic carbocycles. The second-order valence-electron chi connectivity index (χ2n) is 6.06. The summed E-state index contributed by atoms with van der Waals surface area (Å²) in [4.78, 5) is 12.7. The number of anilines is 1. The Morgan fingerprint density at radius 1 is 1.22 bits per heavy atom. The van der Waals surface area contributed by atoms with Gasteiger partial charge >= 0.3 is 0 Å². The first-order valence-electron chi connectivity index (χ1n) is 8.46. The lowest BCUT2D eigenvalue weighted by Gasteiger charge is -2.21. The zero-order chi connectivity index (χ0) is 20.0. The van der Waals surface area contributed by atoms with Crippen molar-refractivity contribution in [3.63, 3.8) is 0 Å². The highest BCUT2D eigenvalue weighted by Crippen LogP contribution is 2.30. The Balaban J connectivity index is 2.18. The van der Waals surface area contributed by atoms with Crippen molar-refractivity contribution in [2.75, 3.05) is 19.0 Å². The van der Waals surface area contributed by atoms with E-state index in [0.717, 1.165) is 11.3 Å². The monoisotopic (exact) mass is 412 g/mol. The highest BCUT2D eigenvalue weighted by molar-refractivity contribution is 7.91. The molecule has 2 rings (SSSR count). The number of thiophene rings is 1. The Morgan fingerprint density at radius 3 is 2.52 bits per heavy atom. The van der Waals surface area contributed by atoms with E-state index in [4.69, 9.17) is 9.47 Å². The van der Waals surface area contributed by atoms with Crippen LogP contribution in [0.4, 0.5) is 5.69 Å². The fourth-order valence-electron chi connectivity index (χ4n) is 2.37. The number of amides is 1. The van der Waals surface area contributed by atoms with E-state index in [1.165, 1.54) is 13.2 Å². The van der Waals surface area contributed by atoms with Crippen molar-refractivity contribution < 1.29 is 22.7 Å². The van der Waals surface area contributed by atoms with Crippen LogP contribution >= 0.6 is 11.3 Å². The van der Waals surface area contributed by atoms with Crippen molar-refractivity contribution in [3.05, 3.63) is 35.7 Å². The van der Waals surface area contributed by atoms with Gasteiger partial charge < -0.3 is 14.8 Å². The van der Waals surface area contributed by atoms with Crippen LogP contribution < -0.4 is 19.5 Å². The van der Waals surface area contributed by atoms with Gasteiger partial charge in [0.25, 0.3) is 10.0 Å². The Bertz CT molecular complexity index is 864. The lowest BCUT2D eigenvalue weighted by Crippen LogP contribution is -2.46. The normalized spacial score (nSPS) is 12.6. The van der Waals surface area contributed by atoms with Crippen molar-refractivity contribution in [2.24, 2.45) is 5.92 Å². The second kappa shape index (κ2) is 9.20. The summed E-state index contributed by atoms with van der Waals surface area (Å²) in [6, 6.07) is 7.23. The topological polar surface area (TPSA) is 93.7 Å². The van der Waals surface area contributed by atoms with Crippen molar-refractivity contribution in [2.45, 2.75) is 31.0 Å². The molecular formula is C18H24N2O5S2. The Hall–Kier alpha value is -2.10. The van der Waals surface area contributed by atoms with E-state index in [9.17, 15) is 13.2 Å². The van der Waals surface area contributed by atoms with Crippen LogP contribution in [-0.2, 0) is 14.8 Å². The maximum Gasteiger partial charge on any atom is 0.250 e. The van der Waals surface area contributed by atoms with Gasteiger partial charge in [-0.1, -0.05) is 19.9 Å². The molecule has 148 valence electrons. The Kier molecular flexibility index (Phi) is 7.23. The molecule has 0 bridgehead atoms. The van der Waals surface area contributed by atoms with Crippen molar-refractivity contribution in [3.8, 4) is 11.5 Å². The van der Waals surface area contributed by atoms with Crippen molar-refractivity contribution in [1.29, 1.82) is 0 Å². The minimum atomic E-state index is -3.76. The number of sulfonamides is 1. The number of benzene rings is 1. The highest BCUT2D eigenvalue weighted by Gasteiger charge is 2.29. The molecule has 0 radical (unpaired) electrons. The van der Waals surface area contributed by atoms with Crippen LogP contribution in [0.1, 0.15) is 20.8 Å². The Labute approximate surface area is 163 Å². The van der Waals surface area contributed by atoms with Gasteiger partial charge in [0.1, 0.15) is 10.3 Å². The van der Waals surface area contributed by atoms with Gasteiger partial charge in [-0.05, 0) is 36.4 Å². The van der Waals surface area contributed by atoms with E-state index in [1.54, 1.807) is 43.5 Å². The number of nitrogens with one attached hydrogen (secondary N) is 2. The molecule has 0 aliphatic rings. The van der Waals surface area contributed by atoms with Crippen LogP contribution in [-0.4, -0.2) is 34.1 Å². The first-order valence-corrected chi connectivity index (χ1v) is 10.8. The fraction of sp³-hybridized carbons (Fsp3) is 0.389. The molecule has 7 nitrogen and oxygen atoms in total. The summed E-state index contributed by atoms with van der Waals surface area (Å²) in [5.74, 6) is 0.354. The molecule has 1 aromatic heterocycles. The summed E-state index contributed by atoms with van der Waals surface area (Å²) in [6.07, 6.45) is 0. The maximum atomic E-state index is 12.7. The Morgan fingerprint density at radius 2 is 1.96 bits per heavy atom. The predicted octanol–water partition coefficient (Wildman–Crippen LogP) is 3.10. The highest BCUT2D eigenvalue weighted by atomic mass is 32.2. The molecule has 1 unspecified atom stereocenters. The molecule has 27 heavy (non-hydrogen) atoms. The van der Waals surface area contributed by atoms with Gasteiger partial charge in [0, 0.05) is 11.8 Å². The third kappa shape index (κ3) is 5.44. The van der Waals surface area contributed by atoms with Gasteiger partial charge in [-0.25, -0.2) is 8.42 Å². The third-order valence-corrected chi connectivity index (χ3v) is 6.56. The molecule has 2 N–H and O–H groups in total. The number of carbonyl (C=O) groups excluding carboxylic acids is 1. The summed E-state index contributed by atoms with van der Waals surface area (Å²) in [5.41, 5.74) is 0.487. The van der Waals surface area contributed by atoms with E-state index in [0.29, 0.717) is 23.8 Å². The van der Waals surface area contributed by atoms with Gasteiger partial charge in [0.2, 0.25) is 5.91 Å². The minimum absolute atomic E-state index is 0.170. The zero-order valence-electron chi connectivity index (χ0n) is 15.7. The van der Waals surface area contributed by atoms with Crippen LogP contribution in [0.25, 0.3) is 0 Å². The van der Waals surface area contributed by atoms with Crippen LogP contribution in [0, 0.1) is 5.92 Å². The third-order valence-electron chi connectivity index (χ3n) is 3.72. The smallest absolute Gasteiger partial charge is 0.250 e. The largest absolute Gasteiger partial charge is 0.493 e. The number of carbonyl (C=O) groups is 1. The summed E-state index contributed by atoms with van der Waals surface area (Å²) >= 11 is 1.10. The second-order valence-corrected chi connectivity index (χ2v) is 8.95. The van der Waals surface area contributed by atoms with Crippen molar-refractivity contribution in [1.82, 2.24) is 4.72 Å². The zero-order valence-corrected chi connectivity index (χ0v) is 17.3. The van der Waals surface area contributed by atoms with Gasteiger partial charge in [0.05, 0.1) is 13.7 Å². The minimum Gasteiger partial charge on any atom is -0.493 e. The predicted molar refractivity (Wildman–Crippen MR) is 106 cm³/mol. The first-order chi connectivity index (χ1) is 12.8. The lowest BCUT2D eigenvalue weighted by atomic mass is 10.0. The molecule has 1 aromatic carbocycles. The molecular weight excluding hydrogens is 388 g/mol. The summed E-state index contributed by atoms with van der Waals surface area (Å²) in [7, 11) is -2.25. The van der Waals surface area contributed by atoms with Crippen LogP contribution in [0.2, 0.25) is 0 Å². The number of hydrogen-bond donors (Lipinski definition) is 2. The van der Waals surface area contributed by atoms with Gasteiger partial charge in [-0.3, -0.25) is 4.79 Å². The summed E-state index contributed by atoms with van der Waals surface area (Å²) in [6.45, 7) is 5.91. The number of methoxy groups -OCH3 is 1. The maximum absolute atomic E-state index is 12.7. The van der Waals surface area contributed by atoms with Crippen molar-refractivity contribution >= 4 is 33.0 Å². The van der Waals surface area contributed by atoms with E-state index in [2.05, 4.69) is 10.0 Å². The summed E-state index contributed by atoms with van der Waals surface area (Å²) < 4.78 is 38.3. The molecule has 1 atom stereocenters. The number of ether oxygens (including phenoxy) is 2. The molecule has 0 saturated carbocycles. The summed E-state index contributed by atoms with van der Waals surface area (Å²) in [5, 5.41) is 4.41.